The lowest BCUT2D eigenvalue weighted by Gasteiger charge is -2.12. The summed E-state index contributed by atoms with van der Waals surface area (Å²) in [5.74, 6) is 0.762. The minimum Gasteiger partial charge on any atom is -0.378 e. The molecule has 0 aliphatic carbocycles. The van der Waals surface area contributed by atoms with Gasteiger partial charge in [0.2, 0.25) is 4.96 Å². The average molecular weight is 364 g/mol. The van der Waals surface area contributed by atoms with E-state index in [9.17, 15) is 0 Å². The van der Waals surface area contributed by atoms with Crippen molar-refractivity contribution in [2.24, 2.45) is 0 Å². The molecule has 0 aliphatic rings. The SMILES string of the molecule is CN(C)c1ccc(-c2nn3c(-c4ccc(N(C)C)cc4)nnc3s2)cc1. The molecule has 2 aromatic carbocycles. The molecule has 4 rings (SSSR count). The number of rotatable bonds is 4. The molecule has 0 spiro atoms. The summed E-state index contributed by atoms with van der Waals surface area (Å²) < 4.78 is 1.82. The van der Waals surface area contributed by atoms with Crippen LogP contribution in [0.15, 0.2) is 48.5 Å². The van der Waals surface area contributed by atoms with Crippen LogP contribution in [0.25, 0.3) is 26.9 Å². The molecular weight excluding hydrogens is 344 g/mol. The van der Waals surface area contributed by atoms with E-state index < -0.39 is 0 Å². The fraction of sp³-hybridized carbons (Fsp3) is 0.211. The highest BCUT2D eigenvalue weighted by molar-refractivity contribution is 7.19. The van der Waals surface area contributed by atoms with Crippen LogP contribution < -0.4 is 9.80 Å². The van der Waals surface area contributed by atoms with Gasteiger partial charge in [-0.25, -0.2) is 0 Å². The Hall–Kier alpha value is -2.93. The second-order valence-corrected chi connectivity index (χ2v) is 7.46. The molecule has 0 atom stereocenters. The molecule has 0 saturated heterocycles. The molecule has 6 nitrogen and oxygen atoms in total. The second-order valence-electron chi connectivity index (χ2n) is 6.51. The Bertz CT molecular complexity index is 1030. The van der Waals surface area contributed by atoms with E-state index in [2.05, 4.69) is 68.5 Å². The lowest BCUT2D eigenvalue weighted by molar-refractivity contribution is 0.970. The lowest BCUT2D eigenvalue weighted by Crippen LogP contribution is -2.08. The largest absolute Gasteiger partial charge is 0.378 e. The van der Waals surface area contributed by atoms with Crippen molar-refractivity contribution in [3.8, 4) is 22.0 Å². The summed E-state index contributed by atoms with van der Waals surface area (Å²) in [5.41, 5.74) is 4.40. The minimum atomic E-state index is 0.762. The molecule has 0 N–H and O–H groups in total. The first-order chi connectivity index (χ1) is 12.5. The Morgan fingerprint density at radius 3 is 1.81 bits per heavy atom. The zero-order valence-electron chi connectivity index (χ0n) is 15.2. The summed E-state index contributed by atoms with van der Waals surface area (Å²) in [6, 6.07) is 16.6. The van der Waals surface area contributed by atoms with Gasteiger partial charge in [-0.1, -0.05) is 11.3 Å². The first kappa shape index (κ1) is 16.5. The molecule has 0 unspecified atom stereocenters. The standard InChI is InChI=1S/C19H20N6S/c1-23(2)15-9-5-13(6-10-15)17-20-21-19-25(17)22-18(26-19)14-7-11-16(12-8-14)24(3)4/h5-12H,1-4H3. The van der Waals surface area contributed by atoms with Crippen LogP contribution in [0.5, 0.6) is 0 Å². The molecule has 0 bridgehead atoms. The van der Waals surface area contributed by atoms with Crippen molar-refractivity contribution in [2.45, 2.75) is 0 Å². The van der Waals surface area contributed by atoms with E-state index in [1.807, 2.05) is 32.7 Å². The third kappa shape index (κ3) is 2.90. The Labute approximate surface area is 156 Å². The highest BCUT2D eigenvalue weighted by Gasteiger charge is 2.14. The molecule has 0 amide bonds. The van der Waals surface area contributed by atoms with Gasteiger partial charge in [-0.3, -0.25) is 0 Å². The maximum Gasteiger partial charge on any atom is 0.235 e. The van der Waals surface area contributed by atoms with Crippen molar-refractivity contribution < 1.29 is 0 Å². The van der Waals surface area contributed by atoms with Crippen LogP contribution in [0.3, 0.4) is 0 Å². The first-order valence-corrected chi connectivity index (χ1v) is 9.12. The van der Waals surface area contributed by atoms with Gasteiger partial charge in [-0.15, -0.1) is 10.2 Å². The lowest BCUT2D eigenvalue weighted by atomic mass is 10.2. The highest BCUT2D eigenvalue weighted by atomic mass is 32.1. The van der Waals surface area contributed by atoms with Crippen molar-refractivity contribution in [3.05, 3.63) is 48.5 Å². The van der Waals surface area contributed by atoms with Gasteiger partial charge in [0.25, 0.3) is 0 Å². The van der Waals surface area contributed by atoms with Gasteiger partial charge < -0.3 is 9.80 Å². The first-order valence-electron chi connectivity index (χ1n) is 8.31. The Balaban J connectivity index is 1.70. The third-order valence-electron chi connectivity index (χ3n) is 4.26. The molecule has 132 valence electrons. The normalized spacial score (nSPS) is 11.1. The zero-order valence-corrected chi connectivity index (χ0v) is 16.0. The minimum absolute atomic E-state index is 0.762. The summed E-state index contributed by atoms with van der Waals surface area (Å²) in [6.45, 7) is 0. The van der Waals surface area contributed by atoms with Crippen LogP contribution in [-0.4, -0.2) is 48.0 Å². The van der Waals surface area contributed by atoms with Gasteiger partial charge in [0.15, 0.2) is 5.82 Å². The summed E-state index contributed by atoms with van der Waals surface area (Å²) >= 11 is 1.54. The topological polar surface area (TPSA) is 49.6 Å². The molecule has 2 aromatic heterocycles. The monoisotopic (exact) mass is 364 g/mol. The van der Waals surface area contributed by atoms with E-state index in [4.69, 9.17) is 5.10 Å². The van der Waals surface area contributed by atoms with E-state index in [0.717, 1.165) is 32.6 Å². The molecule has 2 heterocycles. The van der Waals surface area contributed by atoms with Gasteiger partial charge in [0.05, 0.1) is 0 Å². The Morgan fingerprint density at radius 1 is 0.731 bits per heavy atom. The summed E-state index contributed by atoms with van der Waals surface area (Å²) in [7, 11) is 8.12. The molecule has 26 heavy (non-hydrogen) atoms. The smallest absolute Gasteiger partial charge is 0.235 e. The number of aromatic nitrogens is 4. The molecule has 0 aliphatic heterocycles. The molecule has 7 heteroatoms. The predicted molar refractivity (Wildman–Crippen MR) is 108 cm³/mol. The number of hydrogen-bond donors (Lipinski definition) is 0. The van der Waals surface area contributed by atoms with E-state index in [-0.39, 0.29) is 0 Å². The van der Waals surface area contributed by atoms with Crippen molar-refractivity contribution in [1.82, 2.24) is 19.8 Å². The Kier molecular flexibility index (Phi) is 4.08. The van der Waals surface area contributed by atoms with Gasteiger partial charge in [0, 0.05) is 50.7 Å². The fourth-order valence-corrected chi connectivity index (χ4v) is 3.57. The number of fused-ring (bicyclic) bond motifs is 1. The molecule has 4 aromatic rings. The summed E-state index contributed by atoms with van der Waals surface area (Å²) in [6.07, 6.45) is 0. The predicted octanol–water partition coefficient (Wildman–Crippen LogP) is 3.65. The fourth-order valence-electron chi connectivity index (χ4n) is 2.72. The van der Waals surface area contributed by atoms with Crippen LogP contribution in [0.2, 0.25) is 0 Å². The van der Waals surface area contributed by atoms with Crippen LogP contribution >= 0.6 is 11.3 Å². The van der Waals surface area contributed by atoms with Crippen molar-refractivity contribution in [2.75, 3.05) is 38.0 Å². The average Bonchev–Trinajstić information content (AvgIpc) is 3.22. The van der Waals surface area contributed by atoms with E-state index in [0.29, 0.717) is 0 Å². The van der Waals surface area contributed by atoms with Gasteiger partial charge >= 0.3 is 0 Å². The van der Waals surface area contributed by atoms with E-state index in [1.165, 1.54) is 5.69 Å². The van der Waals surface area contributed by atoms with Crippen molar-refractivity contribution in [3.63, 3.8) is 0 Å². The number of benzene rings is 2. The van der Waals surface area contributed by atoms with Crippen LogP contribution in [0.4, 0.5) is 11.4 Å². The Morgan fingerprint density at radius 2 is 1.27 bits per heavy atom. The number of nitrogens with zero attached hydrogens (tertiary/aromatic N) is 6. The summed E-state index contributed by atoms with van der Waals surface area (Å²) in [4.78, 5) is 4.95. The zero-order chi connectivity index (χ0) is 18.3. The maximum atomic E-state index is 4.74. The quantitative estimate of drug-likeness (QED) is 0.553. The van der Waals surface area contributed by atoms with Crippen molar-refractivity contribution in [1.29, 1.82) is 0 Å². The molecular formula is C19H20N6S. The molecule has 0 radical (unpaired) electrons. The van der Waals surface area contributed by atoms with Crippen molar-refractivity contribution >= 4 is 27.7 Å². The molecule has 0 fully saturated rings. The van der Waals surface area contributed by atoms with Crippen LogP contribution in [-0.2, 0) is 0 Å². The third-order valence-corrected chi connectivity index (χ3v) is 5.21. The van der Waals surface area contributed by atoms with Gasteiger partial charge in [-0.05, 0) is 48.5 Å². The highest BCUT2D eigenvalue weighted by Crippen LogP contribution is 2.29. The number of hydrogen-bond acceptors (Lipinski definition) is 6. The number of anilines is 2. The maximum absolute atomic E-state index is 4.74. The molecule has 0 saturated carbocycles. The van der Waals surface area contributed by atoms with E-state index >= 15 is 0 Å². The van der Waals surface area contributed by atoms with Crippen LogP contribution in [0, 0.1) is 0 Å². The summed E-state index contributed by atoms with van der Waals surface area (Å²) in [5, 5.41) is 14.3. The van der Waals surface area contributed by atoms with Crippen LogP contribution in [0.1, 0.15) is 0 Å². The van der Waals surface area contributed by atoms with Gasteiger partial charge in [-0.2, -0.15) is 9.61 Å². The van der Waals surface area contributed by atoms with E-state index in [1.54, 1.807) is 11.3 Å². The van der Waals surface area contributed by atoms with Gasteiger partial charge in [0.1, 0.15) is 5.01 Å². The second kappa shape index (κ2) is 6.42.